The molecule has 0 unspecified atom stereocenters. The van der Waals surface area contributed by atoms with E-state index in [-0.39, 0.29) is 5.56 Å². The predicted octanol–water partition coefficient (Wildman–Crippen LogP) is 1.15. The zero-order valence-corrected chi connectivity index (χ0v) is 9.30. The minimum Gasteiger partial charge on any atom is -0.337 e. The minimum absolute atomic E-state index is 0.0590. The second-order valence-electron chi connectivity index (χ2n) is 3.63. The van der Waals surface area contributed by atoms with E-state index in [1.165, 1.54) is 0 Å². The van der Waals surface area contributed by atoms with Crippen molar-refractivity contribution in [2.75, 3.05) is 0 Å². The Morgan fingerprint density at radius 1 is 1.50 bits per heavy atom. The van der Waals surface area contributed by atoms with Crippen LogP contribution in [0.5, 0.6) is 0 Å². The van der Waals surface area contributed by atoms with Crippen LogP contribution in [0, 0.1) is 6.92 Å². The molecule has 0 aromatic carbocycles. The smallest absolute Gasteiger partial charge is 0.251 e. The van der Waals surface area contributed by atoms with Crippen LogP contribution in [0.15, 0.2) is 27.6 Å². The minimum atomic E-state index is -0.0590. The van der Waals surface area contributed by atoms with Gasteiger partial charge >= 0.3 is 0 Å². The molecule has 84 valence electrons. The molecule has 5 heteroatoms. The van der Waals surface area contributed by atoms with Crippen molar-refractivity contribution in [2.24, 2.45) is 0 Å². The van der Waals surface area contributed by atoms with Crippen molar-refractivity contribution in [1.82, 2.24) is 14.7 Å². The molecule has 2 aromatic rings. The van der Waals surface area contributed by atoms with Gasteiger partial charge in [-0.3, -0.25) is 4.79 Å². The summed E-state index contributed by atoms with van der Waals surface area (Å²) in [6.07, 6.45) is 2.46. The number of pyridine rings is 1. The van der Waals surface area contributed by atoms with Gasteiger partial charge in [0.05, 0.1) is 0 Å². The van der Waals surface area contributed by atoms with Crippen molar-refractivity contribution in [3.63, 3.8) is 0 Å². The Bertz CT molecular complexity index is 542. The Kier molecular flexibility index (Phi) is 2.85. The molecule has 16 heavy (non-hydrogen) atoms. The Morgan fingerprint density at radius 2 is 2.31 bits per heavy atom. The molecule has 0 radical (unpaired) electrons. The van der Waals surface area contributed by atoms with Gasteiger partial charge < -0.3 is 9.09 Å². The molecule has 0 spiro atoms. The van der Waals surface area contributed by atoms with Gasteiger partial charge in [-0.1, -0.05) is 12.1 Å². The summed E-state index contributed by atoms with van der Waals surface area (Å²) in [6, 6.07) is 3.45. The summed E-state index contributed by atoms with van der Waals surface area (Å²) in [6.45, 7) is 4.16. The van der Waals surface area contributed by atoms with Crippen LogP contribution >= 0.6 is 0 Å². The van der Waals surface area contributed by atoms with Crippen LogP contribution in [0.1, 0.15) is 24.2 Å². The van der Waals surface area contributed by atoms with Crippen LogP contribution in [-0.4, -0.2) is 14.7 Å². The number of hydrogen-bond donors (Lipinski definition) is 0. The molecule has 0 fully saturated rings. The lowest BCUT2D eigenvalue weighted by Gasteiger charge is -2.01. The van der Waals surface area contributed by atoms with Gasteiger partial charge in [0.15, 0.2) is 5.82 Å². The summed E-state index contributed by atoms with van der Waals surface area (Å²) in [5.41, 5.74) is 0.886. The highest BCUT2D eigenvalue weighted by atomic mass is 16.5. The lowest BCUT2D eigenvalue weighted by atomic mass is 10.3. The highest BCUT2D eigenvalue weighted by molar-refractivity contribution is 5.08. The van der Waals surface area contributed by atoms with Crippen molar-refractivity contribution in [1.29, 1.82) is 0 Å². The summed E-state index contributed by atoms with van der Waals surface area (Å²) in [4.78, 5) is 15.7. The normalized spacial score (nSPS) is 10.6. The molecule has 0 N–H and O–H groups in total. The van der Waals surface area contributed by atoms with E-state index in [1.807, 2.05) is 19.9 Å². The van der Waals surface area contributed by atoms with Crippen molar-refractivity contribution >= 4 is 0 Å². The van der Waals surface area contributed by atoms with Gasteiger partial charge in [0, 0.05) is 18.7 Å². The number of rotatable bonds is 3. The van der Waals surface area contributed by atoms with Crippen LogP contribution < -0.4 is 5.56 Å². The first kappa shape index (κ1) is 10.6. The van der Waals surface area contributed by atoms with Crippen molar-refractivity contribution in [3.05, 3.63) is 46.0 Å². The fourth-order valence-electron chi connectivity index (χ4n) is 1.38. The summed E-state index contributed by atoms with van der Waals surface area (Å²) < 4.78 is 6.57. The average molecular weight is 219 g/mol. The van der Waals surface area contributed by atoms with Gasteiger partial charge in [-0.2, -0.15) is 4.98 Å². The maximum atomic E-state index is 11.6. The third-order valence-electron chi connectivity index (χ3n) is 2.28. The van der Waals surface area contributed by atoms with Crippen molar-refractivity contribution in [3.8, 4) is 0 Å². The first-order valence-electron chi connectivity index (χ1n) is 5.17. The first-order chi connectivity index (χ1) is 7.69. The second kappa shape index (κ2) is 4.30. The Morgan fingerprint density at radius 3 is 2.94 bits per heavy atom. The summed E-state index contributed by atoms with van der Waals surface area (Å²) in [5.74, 6) is 1.12. The maximum Gasteiger partial charge on any atom is 0.251 e. The molecule has 0 aliphatic heterocycles. The first-order valence-corrected chi connectivity index (χ1v) is 5.17. The van der Waals surface area contributed by atoms with Crippen LogP contribution in [-0.2, 0) is 13.0 Å². The lowest BCUT2D eigenvalue weighted by molar-refractivity contribution is 0.365. The number of aromatic nitrogens is 3. The van der Waals surface area contributed by atoms with Gasteiger partial charge in [0.2, 0.25) is 5.89 Å². The fourth-order valence-corrected chi connectivity index (χ4v) is 1.38. The molecule has 2 heterocycles. The van der Waals surface area contributed by atoms with Crippen molar-refractivity contribution < 1.29 is 4.52 Å². The molecule has 5 nitrogen and oxygen atoms in total. The second-order valence-corrected chi connectivity index (χ2v) is 3.63. The van der Waals surface area contributed by atoms with Gasteiger partial charge in [0.25, 0.3) is 5.56 Å². The third-order valence-corrected chi connectivity index (χ3v) is 2.28. The van der Waals surface area contributed by atoms with E-state index in [4.69, 9.17) is 4.52 Å². The topological polar surface area (TPSA) is 60.9 Å². The van der Waals surface area contributed by atoms with E-state index < -0.39 is 0 Å². The standard InChI is InChI=1S/C11H13N3O2/c1-3-9-12-10(16-13-9)7-14-5-4-8(2)6-11(14)15/h4-6H,3,7H2,1-2H3. The predicted molar refractivity (Wildman–Crippen MR) is 58.2 cm³/mol. The molecule has 0 saturated carbocycles. The Hall–Kier alpha value is -1.91. The van der Waals surface area contributed by atoms with E-state index in [0.29, 0.717) is 18.3 Å². The SMILES string of the molecule is CCc1noc(Cn2ccc(C)cc2=O)n1. The molecule has 0 atom stereocenters. The molecular formula is C11H13N3O2. The van der Waals surface area contributed by atoms with E-state index in [9.17, 15) is 4.79 Å². The molecule has 2 rings (SSSR count). The van der Waals surface area contributed by atoms with E-state index in [2.05, 4.69) is 10.1 Å². The maximum absolute atomic E-state index is 11.6. The largest absolute Gasteiger partial charge is 0.337 e. The van der Waals surface area contributed by atoms with Gasteiger partial charge in [-0.15, -0.1) is 0 Å². The zero-order chi connectivity index (χ0) is 11.5. The average Bonchev–Trinajstić information content (AvgIpc) is 2.70. The van der Waals surface area contributed by atoms with Crippen LogP contribution in [0.25, 0.3) is 0 Å². The number of aryl methyl sites for hydroxylation is 2. The Balaban J connectivity index is 2.23. The monoisotopic (exact) mass is 219 g/mol. The van der Waals surface area contributed by atoms with Gasteiger partial charge in [0.1, 0.15) is 6.54 Å². The van der Waals surface area contributed by atoms with Crippen LogP contribution in [0.4, 0.5) is 0 Å². The molecule has 0 bridgehead atoms. The Labute approximate surface area is 92.7 Å². The van der Waals surface area contributed by atoms with E-state index in [1.54, 1.807) is 16.8 Å². The number of nitrogens with zero attached hydrogens (tertiary/aromatic N) is 3. The quantitative estimate of drug-likeness (QED) is 0.777. The van der Waals surface area contributed by atoms with E-state index >= 15 is 0 Å². The number of hydrogen-bond acceptors (Lipinski definition) is 4. The van der Waals surface area contributed by atoms with E-state index in [0.717, 1.165) is 12.0 Å². The molecule has 2 aromatic heterocycles. The molecule has 0 amide bonds. The van der Waals surface area contributed by atoms with Crippen LogP contribution in [0.2, 0.25) is 0 Å². The summed E-state index contributed by atoms with van der Waals surface area (Å²) in [7, 11) is 0. The highest BCUT2D eigenvalue weighted by Gasteiger charge is 2.06. The fraction of sp³-hybridized carbons (Fsp3) is 0.364. The molecule has 0 aliphatic carbocycles. The molecule has 0 aliphatic rings. The van der Waals surface area contributed by atoms with Gasteiger partial charge in [-0.05, 0) is 18.6 Å². The lowest BCUT2D eigenvalue weighted by Crippen LogP contribution is -2.19. The third kappa shape index (κ3) is 2.18. The van der Waals surface area contributed by atoms with Crippen LogP contribution in [0.3, 0.4) is 0 Å². The van der Waals surface area contributed by atoms with Crippen molar-refractivity contribution in [2.45, 2.75) is 26.8 Å². The van der Waals surface area contributed by atoms with Gasteiger partial charge in [-0.25, -0.2) is 0 Å². The summed E-state index contributed by atoms with van der Waals surface area (Å²) in [5, 5.41) is 3.78. The highest BCUT2D eigenvalue weighted by Crippen LogP contribution is 2.00. The summed E-state index contributed by atoms with van der Waals surface area (Å²) >= 11 is 0. The molecular weight excluding hydrogens is 206 g/mol. The molecule has 0 saturated heterocycles. The zero-order valence-electron chi connectivity index (χ0n) is 9.30.